The molecule has 0 N–H and O–H groups in total. The molecule has 1 atom stereocenters. The number of aryl methyl sites for hydroxylation is 2. The van der Waals surface area contributed by atoms with Crippen molar-refractivity contribution in [1.29, 1.82) is 0 Å². The summed E-state index contributed by atoms with van der Waals surface area (Å²) in [6, 6.07) is 0.179. The van der Waals surface area contributed by atoms with Crippen molar-refractivity contribution in [3.05, 3.63) is 27.9 Å². The van der Waals surface area contributed by atoms with Gasteiger partial charge in [0.15, 0.2) is 0 Å². The predicted molar refractivity (Wildman–Crippen MR) is 61.6 cm³/mol. The van der Waals surface area contributed by atoms with Crippen LogP contribution < -0.4 is 5.56 Å². The predicted octanol–water partition coefficient (Wildman–Crippen LogP) is 1.46. The van der Waals surface area contributed by atoms with Gasteiger partial charge in [0.2, 0.25) is 0 Å². The first-order chi connectivity index (χ1) is 7.63. The van der Waals surface area contributed by atoms with Crippen molar-refractivity contribution in [1.82, 2.24) is 9.55 Å². The molecule has 0 amide bonds. The van der Waals surface area contributed by atoms with Crippen LogP contribution in [0.3, 0.4) is 0 Å². The largest absolute Gasteiger partial charge is 0.383 e. The third-order valence-electron chi connectivity index (χ3n) is 3.07. The van der Waals surface area contributed by atoms with Gasteiger partial charge in [0, 0.05) is 13.3 Å². The normalized spacial score (nSPS) is 17.4. The lowest BCUT2D eigenvalue weighted by molar-refractivity contribution is 0.143. The molecule has 1 fully saturated rings. The standard InChI is InChI=1S/C12H18N2O2/c1-8-6-14(12(15)9(2)13-8)11(7-16-3)10-4-5-10/h6,10-11H,4-5,7H2,1-3H3. The van der Waals surface area contributed by atoms with Gasteiger partial charge >= 0.3 is 0 Å². The van der Waals surface area contributed by atoms with Crippen molar-refractivity contribution in [2.75, 3.05) is 13.7 Å². The van der Waals surface area contributed by atoms with Crippen molar-refractivity contribution in [2.45, 2.75) is 32.7 Å². The summed E-state index contributed by atoms with van der Waals surface area (Å²) >= 11 is 0. The first kappa shape index (κ1) is 11.3. The number of methoxy groups -OCH3 is 1. The Kier molecular flexibility index (Phi) is 3.10. The van der Waals surface area contributed by atoms with Crippen LogP contribution in [0.15, 0.2) is 11.0 Å². The second-order valence-corrected chi connectivity index (χ2v) is 4.54. The van der Waals surface area contributed by atoms with Gasteiger partial charge in [-0.1, -0.05) is 0 Å². The van der Waals surface area contributed by atoms with Crippen molar-refractivity contribution in [2.24, 2.45) is 5.92 Å². The van der Waals surface area contributed by atoms with E-state index in [0.29, 0.717) is 18.2 Å². The van der Waals surface area contributed by atoms with E-state index in [-0.39, 0.29) is 11.6 Å². The maximum atomic E-state index is 12.0. The first-order valence-corrected chi connectivity index (χ1v) is 5.69. The Hall–Kier alpha value is -1.16. The Balaban J connectivity index is 2.39. The highest BCUT2D eigenvalue weighted by Crippen LogP contribution is 2.39. The maximum Gasteiger partial charge on any atom is 0.272 e. The van der Waals surface area contributed by atoms with Gasteiger partial charge in [-0.05, 0) is 32.6 Å². The summed E-state index contributed by atoms with van der Waals surface area (Å²) in [5.41, 5.74) is 1.47. The minimum absolute atomic E-state index is 0.0135. The van der Waals surface area contributed by atoms with Crippen LogP contribution in [0.25, 0.3) is 0 Å². The number of hydrogen-bond donors (Lipinski definition) is 0. The van der Waals surface area contributed by atoms with Crippen LogP contribution in [-0.2, 0) is 4.74 Å². The molecule has 1 aliphatic rings. The van der Waals surface area contributed by atoms with Crippen molar-refractivity contribution in [3.63, 3.8) is 0 Å². The van der Waals surface area contributed by atoms with Crippen LogP contribution in [0.1, 0.15) is 30.3 Å². The molecule has 2 rings (SSSR count). The Morgan fingerprint density at radius 3 is 2.81 bits per heavy atom. The number of ether oxygens (including phenoxy) is 1. The molecule has 1 saturated carbocycles. The van der Waals surface area contributed by atoms with Crippen LogP contribution in [-0.4, -0.2) is 23.3 Å². The fourth-order valence-corrected chi connectivity index (χ4v) is 2.13. The van der Waals surface area contributed by atoms with Crippen LogP contribution in [0, 0.1) is 19.8 Å². The lowest BCUT2D eigenvalue weighted by Crippen LogP contribution is -2.31. The molecule has 1 aromatic heterocycles. The van der Waals surface area contributed by atoms with E-state index in [9.17, 15) is 4.79 Å². The van der Waals surface area contributed by atoms with Crippen LogP contribution >= 0.6 is 0 Å². The molecular formula is C12H18N2O2. The molecule has 4 nitrogen and oxygen atoms in total. The minimum Gasteiger partial charge on any atom is -0.383 e. The fourth-order valence-electron chi connectivity index (χ4n) is 2.13. The number of rotatable bonds is 4. The highest BCUT2D eigenvalue weighted by atomic mass is 16.5. The molecule has 88 valence electrons. The summed E-state index contributed by atoms with van der Waals surface area (Å²) in [5.74, 6) is 0.596. The van der Waals surface area contributed by atoms with Crippen molar-refractivity contribution >= 4 is 0 Å². The fraction of sp³-hybridized carbons (Fsp3) is 0.667. The SMILES string of the molecule is COCC(C1CC1)n1cc(C)nc(C)c1=O. The molecule has 1 unspecified atom stereocenters. The molecule has 0 bridgehead atoms. The Labute approximate surface area is 95.3 Å². The molecule has 0 spiro atoms. The zero-order valence-electron chi connectivity index (χ0n) is 10.1. The molecule has 0 radical (unpaired) electrons. The third-order valence-corrected chi connectivity index (χ3v) is 3.07. The summed E-state index contributed by atoms with van der Waals surface area (Å²) in [4.78, 5) is 16.2. The van der Waals surface area contributed by atoms with E-state index in [1.807, 2.05) is 13.1 Å². The van der Waals surface area contributed by atoms with Gasteiger partial charge in [-0.2, -0.15) is 0 Å². The molecule has 0 aliphatic heterocycles. The number of aromatic nitrogens is 2. The molecular weight excluding hydrogens is 204 g/mol. The van der Waals surface area contributed by atoms with Gasteiger partial charge in [-0.15, -0.1) is 0 Å². The summed E-state index contributed by atoms with van der Waals surface area (Å²) in [6.07, 6.45) is 4.24. The molecule has 0 saturated heterocycles. The zero-order valence-corrected chi connectivity index (χ0v) is 10.1. The van der Waals surface area contributed by atoms with Gasteiger partial charge in [0.25, 0.3) is 5.56 Å². The average molecular weight is 222 g/mol. The van der Waals surface area contributed by atoms with E-state index >= 15 is 0 Å². The van der Waals surface area contributed by atoms with Crippen molar-refractivity contribution < 1.29 is 4.74 Å². The average Bonchev–Trinajstić information content (AvgIpc) is 3.04. The van der Waals surface area contributed by atoms with E-state index in [1.165, 1.54) is 12.8 Å². The third kappa shape index (κ3) is 2.16. The van der Waals surface area contributed by atoms with Gasteiger partial charge in [0.05, 0.1) is 18.3 Å². The number of nitrogens with zero attached hydrogens (tertiary/aromatic N) is 2. The minimum atomic E-state index is 0.0135. The highest BCUT2D eigenvalue weighted by molar-refractivity contribution is 5.05. The zero-order chi connectivity index (χ0) is 11.7. The van der Waals surface area contributed by atoms with Gasteiger partial charge in [-0.25, -0.2) is 0 Å². The lowest BCUT2D eigenvalue weighted by atomic mass is 10.2. The van der Waals surface area contributed by atoms with E-state index in [2.05, 4.69) is 4.98 Å². The van der Waals surface area contributed by atoms with Gasteiger partial charge in [0.1, 0.15) is 5.69 Å². The Morgan fingerprint density at radius 1 is 1.56 bits per heavy atom. The first-order valence-electron chi connectivity index (χ1n) is 5.69. The molecule has 16 heavy (non-hydrogen) atoms. The molecule has 1 aliphatic carbocycles. The van der Waals surface area contributed by atoms with Crippen LogP contribution in [0.4, 0.5) is 0 Å². The highest BCUT2D eigenvalue weighted by Gasteiger charge is 2.33. The summed E-state index contributed by atoms with van der Waals surface area (Å²) in [5, 5.41) is 0. The molecule has 0 aromatic carbocycles. The van der Waals surface area contributed by atoms with E-state index in [4.69, 9.17) is 4.74 Å². The smallest absolute Gasteiger partial charge is 0.272 e. The maximum absolute atomic E-state index is 12.0. The van der Waals surface area contributed by atoms with Gasteiger partial charge < -0.3 is 9.30 Å². The van der Waals surface area contributed by atoms with E-state index < -0.39 is 0 Å². The second-order valence-electron chi connectivity index (χ2n) is 4.54. The number of hydrogen-bond acceptors (Lipinski definition) is 3. The van der Waals surface area contributed by atoms with Crippen LogP contribution in [0.2, 0.25) is 0 Å². The molecule has 4 heteroatoms. The lowest BCUT2D eigenvalue weighted by Gasteiger charge is -2.19. The molecule has 1 heterocycles. The van der Waals surface area contributed by atoms with Gasteiger partial charge in [-0.3, -0.25) is 9.78 Å². The monoisotopic (exact) mass is 222 g/mol. The molecule has 1 aromatic rings. The summed E-state index contributed by atoms with van der Waals surface area (Å²) < 4.78 is 7.02. The Bertz CT molecular complexity index is 435. The van der Waals surface area contributed by atoms with Crippen molar-refractivity contribution in [3.8, 4) is 0 Å². The summed E-state index contributed by atoms with van der Waals surface area (Å²) in [7, 11) is 1.68. The van der Waals surface area contributed by atoms with E-state index in [1.54, 1.807) is 18.6 Å². The summed E-state index contributed by atoms with van der Waals surface area (Å²) in [6.45, 7) is 4.29. The van der Waals surface area contributed by atoms with Crippen LogP contribution in [0.5, 0.6) is 0 Å². The van der Waals surface area contributed by atoms with E-state index in [0.717, 1.165) is 5.69 Å². The second kappa shape index (κ2) is 4.37. The Morgan fingerprint density at radius 2 is 2.25 bits per heavy atom. The topological polar surface area (TPSA) is 44.1 Å². The quantitative estimate of drug-likeness (QED) is 0.774.